The summed E-state index contributed by atoms with van der Waals surface area (Å²) in [7, 11) is 0. The van der Waals surface area contributed by atoms with Gasteiger partial charge >= 0.3 is 0 Å². The van der Waals surface area contributed by atoms with Gasteiger partial charge in [-0.3, -0.25) is 9.59 Å². The van der Waals surface area contributed by atoms with Crippen molar-refractivity contribution in [3.63, 3.8) is 0 Å². The van der Waals surface area contributed by atoms with Crippen LogP contribution in [-0.2, 0) is 4.79 Å². The fourth-order valence-electron chi connectivity index (χ4n) is 4.75. The van der Waals surface area contributed by atoms with Gasteiger partial charge in [0.2, 0.25) is 5.91 Å². The van der Waals surface area contributed by atoms with E-state index >= 15 is 0 Å². The Kier molecular flexibility index (Phi) is 6.80. The number of nitrogens with one attached hydrogen (secondary N) is 1. The number of aryl methyl sites for hydroxylation is 1. The van der Waals surface area contributed by atoms with E-state index in [-0.39, 0.29) is 17.9 Å². The lowest BCUT2D eigenvalue weighted by atomic mass is 9.87. The Hall–Kier alpha value is -2.15. The minimum Gasteiger partial charge on any atom is -0.349 e. The Morgan fingerprint density at radius 1 is 1.00 bits per heavy atom. The minimum atomic E-state index is -0.0573. The molecule has 2 aliphatic rings. The lowest BCUT2D eigenvalue weighted by molar-refractivity contribution is -0.137. The molecule has 1 aliphatic carbocycles. The van der Waals surface area contributed by atoms with Gasteiger partial charge in [-0.15, -0.1) is 0 Å². The summed E-state index contributed by atoms with van der Waals surface area (Å²) in [6.45, 7) is 5.46. The number of piperidine rings is 1. The molecule has 0 bridgehead atoms. The summed E-state index contributed by atoms with van der Waals surface area (Å²) in [5, 5.41) is 7.69. The zero-order valence-electron chi connectivity index (χ0n) is 18.4. The van der Waals surface area contributed by atoms with Crippen LogP contribution < -0.4 is 5.32 Å². The maximum Gasteiger partial charge on any atom is 0.251 e. The van der Waals surface area contributed by atoms with Crippen LogP contribution in [0.2, 0.25) is 0 Å². The van der Waals surface area contributed by atoms with Crippen LogP contribution in [-0.4, -0.2) is 45.6 Å². The summed E-state index contributed by atoms with van der Waals surface area (Å²) < 4.78 is 2.88. The molecule has 1 aromatic heterocycles. The molecule has 166 valence electrons. The predicted molar refractivity (Wildman–Crippen MR) is 124 cm³/mol. The number of carbonyl (C=O) groups excluding carboxylic acids is 2. The molecule has 6 nitrogen and oxygen atoms in total. The molecule has 1 N–H and O–H groups in total. The van der Waals surface area contributed by atoms with Crippen LogP contribution in [0.25, 0.3) is 5.69 Å². The van der Waals surface area contributed by atoms with Crippen molar-refractivity contribution < 1.29 is 9.59 Å². The van der Waals surface area contributed by atoms with Crippen molar-refractivity contribution >= 4 is 27.7 Å². The van der Waals surface area contributed by atoms with Crippen molar-refractivity contribution in [1.29, 1.82) is 0 Å². The van der Waals surface area contributed by atoms with Gasteiger partial charge in [-0.25, -0.2) is 4.68 Å². The molecule has 1 aliphatic heterocycles. The van der Waals surface area contributed by atoms with Crippen LogP contribution in [0.5, 0.6) is 0 Å². The maximum atomic E-state index is 12.7. The van der Waals surface area contributed by atoms with Gasteiger partial charge in [0.05, 0.1) is 21.5 Å². The second-order valence-electron chi connectivity index (χ2n) is 8.85. The summed E-state index contributed by atoms with van der Waals surface area (Å²) in [5.41, 5.74) is 3.54. The third-order valence-corrected chi connectivity index (χ3v) is 7.82. The Morgan fingerprint density at radius 2 is 1.65 bits per heavy atom. The summed E-state index contributed by atoms with van der Waals surface area (Å²) in [6.07, 6.45) is 7.35. The van der Waals surface area contributed by atoms with E-state index in [9.17, 15) is 9.59 Å². The molecule has 2 heterocycles. The number of aromatic nitrogens is 2. The fourth-order valence-corrected chi connectivity index (χ4v) is 5.00. The Balaban J connectivity index is 1.31. The highest BCUT2D eigenvalue weighted by Crippen LogP contribution is 2.27. The fraction of sp³-hybridized carbons (Fsp3) is 0.542. The zero-order valence-corrected chi connectivity index (χ0v) is 20.0. The van der Waals surface area contributed by atoms with E-state index < -0.39 is 0 Å². The van der Waals surface area contributed by atoms with Crippen LogP contribution in [0.15, 0.2) is 28.7 Å². The number of hydrogen-bond donors (Lipinski definition) is 1. The highest BCUT2D eigenvalue weighted by atomic mass is 79.9. The van der Waals surface area contributed by atoms with Gasteiger partial charge < -0.3 is 10.2 Å². The SMILES string of the molecule is Cc1nn(-c2ccc(C(=O)NC3CCN(C(=O)C4CCCCC4)CC3)cc2)c(C)c1Br. The topological polar surface area (TPSA) is 67.2 Å². The Labute approximate surface area is 192 Å². The zero-order chi connectivity index (χ0) is 22.0. The molecule has 7 heteroatoms. The number of likely N-dealkylation sites (tertiary alicyclic amines) is 1. The number of amides is 2. The van der Waals surface area contributed by atoms with Crippen molar-refractivity contribution in [3.8, 4) is 5.69 Å². The van der Waals surface area contributed by atoms with Crippen LogP contribution >= 0.6 is 15.9 Å². The minimum absolute atomic E-state index is 0.0573. The lowest BCUT2D eigenvalue weighted by Gasteiger charge is -2.35. The van der Waals surface area contributed by atoms with Crippen LogP contribution in [0.3, 0.4) is 0 Å². The van der Waals surface area contributed by atoms with Gasteiger partial charge in [-0.1, -0.05) is 19.3 Å². The van der Waals surface area contributed by atoms with Gasteiger partial charge in [0, 0.05) is 30.6 Å². The standard InChI is InChI=1S/C24H31BrN4O2/c1-16-22(25)17(2)29(27-16)21-10-8-18(9-11-21)23(30)26-20-12-14-28(15-13-20)24(31)19-6-4-3-5-7-19/h8-11,19-20H,3-7,12-15H2,1-2H3,(H,26,30). The van der Waals surface area contributed by atoms with Gasteiger partial charge in [-0.05, 0) is 79.7 Å². The molecule has 4 rings (SSSR count). The molecule has 0 unspecified atom stereocenters. The molecule has 0 spiro atoms. The number of benzene rings is 1. The van der Waals surface area contributed by atoms with E-state index in [4.69, 9.17) is 0 Å². The molecule has 1 aromatic carbocycles. The molecular formula is C24H31BrN4O2. The van der Waals surface area contributed by atoms with Crippen LogP contribution in [0.1, 0.15) is 66.7 Å². The van der Waals surface area contributed by atoms with Gasteiger partial charge in [0.25, 0.3) is 5.91 Å². The number of carbonyl (C=O) groups is 2. The molecule has 2 aromatic rings. The molecule has 1 saturated carbocycles. The van der Waals surface area contributed by atoms with Crippen LogP contribution in [0, 0.1) is 19.8 Å². The highest BCUT2D eigenvalue weighted by Gasteiger charge is 2.29. The Morgan fingerprint density at radius 3 is 2.23 bits per heavy atom. The quantitative estimate of drug-likeness (QED) is 0.688. The summed E-state index contributed by atoms with van der Waals surface area (Å²) in [6, 6.07) is 7.65. The molecule has 1 saturated heterocycles. The normalized spacial score (nSPS) is 18.2. The van der Waals surface area contributed by atoms with Gasteiger partial charge in [-0.2, -0.15) is 5.10 Å². The van der Waals surface area contributed by atoms with Crippen molar-refractivity contribution in [2.24, 2.45) is 5.92 Å². The number of halogens is 1. The molecule has 2 fully saturated rings. The summed E-state index contributed by atoms with van der Waals surface area (Å²) in [4.78, 5) is 27.5. The molecule has 0 radical (unpaired) electrons. The summed E-state index contributed by atoms with van der Waals surface area (Å²) in [5.74, 6) is 0.496. The van der Waals surface area contributed by atoms with E-state index in [1.54, 1.807) is 0 Å². The first-order valence-electron chi connectivity index (χ1n) is 11.4. The van der Waals surface area contributed by atoms with Gasteiger partial charge in [0.15, 0.2) is 0 Å². The molecule has 31 heavy (non-hydrogen) atoms. The van der Waals surface area contributed by atoms with E-state index in [2.05, 4.69) is 26.3 Å². The van der Waals surface area contributed by atoms with Crippen molar-refractivity contribution in [2.75, 3.05) is 13.1 Å². The third kappa shape index (κ3) is 4.86. The van der Waals surface area contributed by atoms with E-state index in [1.807, 2.05) is 47.7 Å². The van der Waals surface area contributed by atoms with Gasteiger partial charge in [0.1, 0.15) is 0 Å². The second kappa shape index (κ2) is 9.55. The maximum absolute atomic E-state index is 12.7. The van der Waals surface area contributed by atoms with Crippen molar-refractivity contribution in [2.45, 2.75) is 64.8 Å². The number of rotatable bonds is 4. The Bertz CT molecular complexity index is 939. The van der Waals surface area contributed by atoms with Crippen molar-refractivity contribution in [3.05, 3.63) is 45.7 Å². The van der Waals surface area contributed by atoms with E-state index in [1.165, 1.54) is 19.3 Å². The third-order valence-electron chi connectivity index (χ3n) is 6.67. The molecular weight excluding hydrogens is 456 g/mol. The summed E-state index contributed by atoms with van der Waals surface area (Å²) >= 11 is 3.55. The predicted octanol–water partition coefficient (Wildman–Crippen LogP) is 4.55. The first-order chi connectivity index (χ1) is 14.9. The molecule has 2 amide bonds. The van der Waals surface area contributed by atoms with E-state index in [0.29, 0.717) is 11.5 Å². The number of hydrogen-bond acceptors (Lipinski definition) is 3. The highest BCUT2D eigenvalue weighted by molar-refractivity contribution is 9.10. The second-order valence-corrected chi connectivity index (χ2v) is 9.64. The molecule has 0 atom stereocenters. The van der Waals surface area contributed by atoms with Crippen LogP contribution in [0.4, 0.5) is 0 Å². The first kappa shape index (κ1) is 22.1. The average Bonchev–Trinajstić information content (AvgIpc) is 3.07. The van der Waals surface area contributed by atoms with E-state index in [0.717, 1.165) is 60.3 Å². The average molecular weight is 487 g/mol. The number of nitrogens with zero attached hydrogens (tertiary/aromatic N) is 3. The van der Waals surface area contributed by atoms with Crippen molar-refractivity contribution in [1.82, 2.24) is 20.0 Å². The lowest BCUT2D eigenvalue weighted by Crippen LogP contribution is -2.48. The first-order valence-corrected chi connectivity index (χ1v) is 12.1. The smallest absolute Gasteiger partial charge is 0.251 e. The monoisotopic (exact) mass is 486 g/mol. The largest absolute Gasteiger partial charge is 0.349 e.